The number of H-pyrrole nitrogens is 1. The third kappa shape index (κ3) is 4.42. The molecule has 0 saturated carbocycles. The summed E-state index contributed by atoms with van der Waals surface area (Å²) in [7, 11) is 0. The number of aromatic amines is 1. The van der Waals surface area contributed by atoms with Crippen molar-refractivity contribution in [3.63, 3.8) is 0 Å². The number of anilines is 3. The maximum atomic E-state index is 13.0. The monoisotopic (exact) mass is 438 g/mol. The number of hydrogen-bond acceptors (Lipinski definition) is 7. The Morgan fingerprint density at radius 2 is 1.94 bits per heavy atom. The first-order chi connectivity index (χ1) is 15.3. The molecule has 2 aromatic heterocycles. The molecular formula is C22H26N6O2S. The van der Waals surface area contributed by atoms with E-state index in [1.165, 1.54) is 36.3 Å². The maximum Gasteiger partial charge on any atom is 0.275 e. The van der Waals surface area contributed by atoms with Crippen LogP contribution in [0.1, 0.15) is 29.8 Å². The first kappa shape index (κ1) is 20.0. The zero-order chi connectivity index (χ0) is 21.0. The highest BCUT2D eigenvalue weighted by molar-refractivity contribution is 7.13. The van der Waals surface area contributed by atoms with E-state index in [1.54, 1.807) is 17.8 Å². The van der Waals surface area contributed by atoms with Crippen LogP contribution in [-0.4, -0.2) is 60.5 Å². The lowest BCUT2D eigenvalue weighted by atomic mass is 10.1. The minimum atomic E-state index is -0.191. The minimum absolute atomic E-state index is 0.191. The first-order valence-electron chi connectivity index (χ1n) is 10.8. The Morgan fingerprint density at radius 1 is 1.10 bits per heavy atom. The van der Waals surface area contributed by atoms with Gasteiger partial charge in [0, 0.05) is 49.0 Å². The zero-order valence-electron chi connectivity index (χ0n) is 17.3. The molecule has 3 aromatic rings. The molecule has 0 atom stereocenters. The second-order valence-electron chi connectivity index (χ2n) is 7.83. The van der Waals surface area contributed by atoms with E-state index in [0.29, 0.717) is 5.69 Å². The van der Waals surface area contributed by atoms with Crippen molar-refractivity contribution in [2.45, 2.75) is 19.3 Å². The van der Waals surface area contributed by atoms with Crippen molar-refractivity contribution in [2.24, 2.45) is 0 Å². The summed E-state index contributed by atoms with van der Waals surface area (Å²) in [5.74, 6) is -0.191. The van der Waals surface area contributed by atoms with Crippen molar-refractivity contribution < 1.29 is 9.53 Å². The Morgan fingerprint density at radius 3 is 2.71 bits per heavy atom. The Labute approximate surface area is 185 Å². The lowest BCUT2D eigenvalue weighted by Crippen LogP contribution is -2.36. The van der Waals surface area contributed by atoms with Gasteiger partial charge in [-0.25, -0.2) is 4.98 Å². The summed E-state index contributed by atoms with van der Waals surface area (Å²) in [4.78, 5) is 22.2. The number of morpholine rings is 1. The molecule has 31 heavy (non-hydrogen) atoms. The number of nitrogens with one attached hydrogen (secondary N) is 2. The van der Waals surface area contributed by atoms with Crippen LogP contribution in [0.4, 0.5) is 17.1 Å². The minimum Gasteiger partial charge on any atom is -0.378 e. The molecule has 0 bridgehead atoms. The predicted molar refractivity (Wildman–Crippen MR) is 123 cm³/mol. The van der Waals surface area contributed by atoms with Crippen LogP contribution in [0.15, 0.2) is 36.0 Å². The Bertz CT molecular complexity index is 1020. The van der Waals surface area contributed by atoms with E-state index < -0.39 is 0 Å². The van der Waals surface area contributed by atoms with Gasteiger partial charge in [0.15, 0.2) is 0 Å². The van der Waals surface area contributed by atoms with Crippen LogP contribution >= 0.6 is 11.3 Å². The number of nitrogens with zero attached hydrogens (tertiary/aromatic N) is 4. The first-order valence-corrected chi connectivity index (χ1v) is 11.6. The number of rotatable bonds is 5. The Balaban J connectivity index is 1.40. The largest absolute Gasteiger partial charge is 0.378 e. The molecule has 0 spiro atoms. The van der Waals surface area contributed by atoms with Gasteiger partial charge in [0.25, 0.3) is 5.91 Å². The molecule has 2 saturated heterocycles. The molecule has 4 heterocycles. The van der Waals surface area contributed by atoms with E-state index in [9.17, 15) is 4.79 Å². The van der Waals surface area contributed by atoms with Gasteiger partial charge in [-0.05, 0) is 37.5 Å². The number of amides is 1. The number of carbonyl (C=O) groups excluding carboxylic acids is 1. The normalized spacial score (nSPS) is 17.0. The quantitative estimate of drug-likeness (QED) is 0.633. The summed E-state index contributed by atoms with van der Waals surface area (Å²) in [5.41, 5.74) is 4.40. The van der Waals surface area contributed by atoms with Crippen LogP contribution in [0.25, 0.3) is 10.6 Å². The molecule has 2 fully saturated rings. The van der Waals surface area contributed by atoms with Crippen LogP contribution < -0.4 is 15.1 Å². The maximum absolute atomic E-state index is 13.0. The van der Waals surface area contributed by atoms with Crippen LogP contribution in [0.3, 0.4) is 0 Å². The molecular weight excluding hydrogens is 412 g/mol. The van der Waals surface area contributed by atoms with Crippen molar-refractivity contribution in [3.8, 4) is 10.6 Å². The second kappa shape index (κ2) is 9.07. The number of aromatic nitrogens is 3. The van der Waals surface area contributed by atoms with Crippen molar-refractivity contribution in [2.75, 3.05) is 54.5 Å². The molecule has 0 radical (unpaired) electrons. The van der Waals surface area contributed by atoms with Crippen molar-refractivity contribution in [1.29, 1.82) is 0 Å². The van der Waals surface area contributed by atoms with E-state index in [0.717, 1.165) is 61.3 Å². The summed E-state index contributed by atoms with van der Waals surface area (Å²) in [5, 5.41) is 12.4. The molecule has 9 heteroatoms. The van der Waals surface area contributed by atoms with Crippen molar-refractivity contribution in [1.82, 2.24) is 15.2 Å². The number of benzene rings is 1. The predicted octanol–water partition coefficient (Wildman–Crippen LogP) is 3.61. The highest BCUT2D eigenvalue weighted by Gasteiger charge is 2.20. The summed E-state index contributed by atoms with van der Waals surface area (Å²) >= 11 is 1.44. The third-order valence-electron chi connectivity index (χ3n) is 5.78. The fourth-order valence-corrected chi connectivity index (χ4v) is 4.89. The number of piperidine rings is 1. The molecule has 0 unspecified atom stereocenters. The standard InChI is InChI=1S/C22H26N6O2S/c29-21(19-15-31-22(26-19)16-13-23-24-14-16)25-18-5-4-17(27-8-10-30-11-9-27)12-20(18)28-6-2-1-3-7-28/h4-5,12-15H,1-3,6-11H2,(H,23,24)(H,25,29). The van der Waals surface area contributed by atoms with E-state index in [4.69, 9.17) is 4.74 Å². The van der Waals surface area contributed by atoms with Crippen LogP contribution in [0.5, 0.6) is 0 Å². The molecule has 5 rings (SSSR count). The fraction of sp³-hybridized carbons (Fsp3) is 0.409. The number of carbonyl (C=O) groups is 1. The van der Waals surface area contributed by atoms with Gasteiger partial charge in [-0.15, -0.1) is 11.3 Å². The molecule has 1 amide bonds. The van der Waals surface area contributed by atoms with E-state index in [1.807, 2.05) is 6.07 Å². The lowest BCUT2D eigenvalue weighted by molar-refractivity contribution is 0.102. The summed E-state index contributed by atoms with van der Waals surface area (Å²) < 4.78 is 5.50. The molecule has 8 nitrogen and oxygen atoms in total. The van der Waals surface area contributed by atoms with Crippen LogP contribution in [0, 0.1) is 0 Å². The van der Waals surface area contributed by atoms with Crippen LogP contribution in [-0.2, 0) is 4.74 Å². The van der Waals surface area contributed by atoms with Crippen molar-refractivity contribution in [3.05, 3.63) is 41.7 Å². The van der Waals surface area contributed by atoms with Crippen LogP contribution in [0.2, 0.25) is 0 Å². The van der Waals surface area contributed by atoms with Gasteiger partial charge in [0.2, 0.25) is 0 Å². The Hall–Kier alpha value is -2.91. The second-order valence-corrected chi connectivity index (χ2v) is 8.69. The SMILES string of the molecule is O=C(Nc1ccc(N2CCOCC2)cc1N1CCCCC1)c1csc(-c2cn[nH]c2)n1. The average molecular weight is 439 g/mol. The molecule has 0 aliphatic carbocycles. The molecule has 1 aromatic carbocycles. The number of ether oxygens (including phenoxy) is 1. The zero-order valence-corrected chi connectivity index (χ0v) is 18.2. The Kier molecular flexibility index (Phi) is 5.86. The van der Waals surface area contributed by atoms with Gasteiger partial charge in [-0.3, -0.25) is 9.89 Å². The van der Waals surface area contributed by atoms with E-state index >= 15 is 0 Å². The van der Waals surface area contributed by atoms with Gasteiger partial charge in [0.05, 0.1) is 30.8 Å². The number of thiazole rings is 1. The number of hydrogen-bond donors (Lipinski definition) is 2. The van der Waals surface area contributed by atoms with E-state index in [2.05, 4.69) is 42.4 Å². The summed E-state index contributed by atoms with van der Waals surface area (Å²) in [6.07, 6.45) is 7.10. The van der Waals surface area contributed by atoms with Gasteiger partial charge < -0.3 is 19.9 Å². The highest BCUT2D eigenvalue weighted by atomic mass is 32.1. The van der Waals surface area contributed by atoms with Gasteiger partial charge >= 0.3 is 0 Å². The van der Waals surface area contributed by atoms with Crippen molar-refractivity contribution >= 4 is 34.3 Å². The molecule has 2 aliphatic heterocycles. The van der Waals surface area contributed by atoms with Gasteiger partial charge in [-0.1, -0.05) is 0 Å². The third-order valence-corrected chi connectivity index (χ3v) is 6.68. The fourth-order valence-electron chi connectivity index (χ4n) is 4.11. The van der Waals surface area contributed by atoms with Gasteiger partial charge in [0.1, 0.15) is 10.7 Å². The van der Waals surface area contributed by atoms with E-state index in [-0.39, 0.29) is 5.91 Å². The topological polar surface area (TPSA) is 86.4 Å². The average Bonchev–Trinajstić information content (AvgIpc) is 3.53. The lowest BCUT2D eigenvalue weighted by Gasteiger charge is -2.33. The molecule has 2 aliphatic rings. The summed E-state index contributed by atoms with van der Waals surface area (Å²) in [6, 6.07) is 6.33. The highest BCUT2D eigenvalue weighted by Crippen LogP contribution is 2.34. The summed E-state index contributed by atoms with van der Waals surface area (Å²) in [6.45, 7) is 5.30. The molecule has 2 N–H and O–H groups in total. The molecule has 162 valence electrons. The van der Waals surface area contributed by atoms with Gasteiger partial charge in [-0.2, -0.15) is 5.10 Å². The smallest absolute Gasteiger partial charge is 0.275 e.